The predicted octanol–water partition coefficient (Wildman–Crippen LogP) is 1.68. The fourth-order valence-corrected chi connectivity index (χ4v) is 3.80. The van der Waals surface area contributed by atoms with Gasteiger partial charge in [0.15, 0.2) is 0 Å². The van der Waals surface area contributed by atoms with Crippen LogP contribution in [0.3, 0.4) is 0 Å². The van der Waals surface area contributed by atoms with Crippen molar-refractivity contribution in [2.75, 3.05) is 5.32 Å². The highest BCUT2D eigenvalue weighted by Crippen LogP contribution is 2.40. The number of benzene rings is 1. The van der Waals surface area contributed by atoms with Crippen molar-refractivity contribution in [3.05, 3.63) is 34.5 Å². The number of aliphatic carboxylic acids is 1. The fraction of sp³-hybridized carbons (Fsp3) is 0.474. The van der Waals surface area contributed by atoms with Crippen molar-refractivity contribution in [2.45, 2.75) is 39.7 Å². The summed E-state index contributed by atoms with van der Waals surface area (Å²) in [4.78, 5) is 48.4. The third-order valence-corrected chi connectivity index (χ3v) is 5.19. The van der Waals surface area contributed by atoms with Crippen LogP contribution >= 0.6 is 0 Å². The number of rotatable bonds is 7. The number of carbonyl (C=O) groups is 4. The Balaban J connectivity index is 2.30. The van der Waals surface area contributed by atoms with Crippen LogP contribution in [0.2, 0.25) is 0 Å². The number of amides is 1. The number of nitrogens with one attached hydrogen (secondary N) is 1. The number of ketones is 2. The molecule has 1 saturated carbocycles. The van der Waals surface area contributed by atoms with Gasteiger partial charge < -0.3 is 20.8 Å². The molecule has 0 radical (unpaired) electrons. The topological polar surface area (TPSA) is 147 Å². The van der Waals surface area contributed by atoms with Crippen LogP contribution in [0.1, 0.15) is 30.9 Å². The van der Waals surface area contributed by atoms with Gasteiger partial charge in [-0.15, -0.1) is 0 Å². The van der Waals surface area contributed by atoms with E-state index in [1.807, 2.05) is 6.07 Å². The van der Waals surface area contributed by atoms with Gasteiger partial charge in [-0.25, -0.2) is 0 Å². The highest BCUT2D eigenvalue weighted by Gasteiger charge is 2.49. The van der Waals surface area contributed by atoms with Crippen LogP contribution in [0.4, 0.5) is 5.69 Å². The maximum Gasteiger partial charge on any atom is 0.304 e. The van der Waals surface area contributed by atoms with Crippen molar-refractivity contribution < 1.29 is 29.5 Å². The molecule has 152 valence electrons. The van der Waals surface area contributed by atoms with Gasteiger partial charge in [0.1, 0.15) is 5.78 Å². The highest BCUT2D eigenvalue weighted by atomic mass is 16.8. The maximum absolute atomic E-state index is 12.7. The van der Waals surface area contributed by atoms with E-state index in [2.05, 4.69) is 5.32 Å². The van der Waals surface area contributed by atoms with Crippen molar-refractivity contribution >= 4 is 29.1 Å². The SMILES string of the molecule is Cc1ccc(C)c(NC(=O)C(=O)C(C2C(C)CC(=O)C2CC(=O)O)N([O-])O)c1. The van der Waals surface area contributed by atoms with Gasteiger partial charge in [-0.1, -0.05) is 19.1 Å². The summed E-state index contributed by atoms with van der Waals surface area (Å²) >= 11 is 0. The molecule has 0 heterocycles. The molecule has 4 unspecified atom stereocenters. The minimum Gasteiger partial charge on any atom is -0.762 e. The quantitative estimate of drug-likeness (QED) is 0.470. The van der Waals surface area contributed by atoms with Crippen LogP contribution < -0.4 is 5.32 Å². The second-order valence-corrected chi connectivity index (χ2v) is 7.31. The summed E-state index contributed by atoms with van der Waals surface area (Å²) in [6, 6.07) is 3.36. The monoisotopic (exact) mass is 391 g/mol. The van der Waals surface area contributed by atoms with Crippen molar-refractivity contribution in [3.63, 3.8) is 0 Å². The second-order valence-electron chi connectivity index (χ2n) is 7.31. The Morgan fingerprint density at radius 3 is 2.54 bits per heavy atom. The lowest BCUT2D eigenvalue weighted by Gasteiger charge is -2.37. The zero-order chi connectivity index (χ0) is 21.2. The Morgan fingerprint density at radius 2 is 1.96 bits per heavy atom. The van der Waals surface area contributed by atoms with Crippen LogP contribution in [0.15, 0.2) is 18.2 Å². The summed E-state index contributed by atoms with van der Waals surface area (Å²) in [6.07, 6.45) is -0.608. The van der Waals surface area contributed by atoms with Crippen LogP contribution in [0, 0.1) is 36.8 Å². The lowest BCUT2D eigenvalue weighted by atomic mass is 9.80. The molecule has 0 aliphatic heterocycles. The van der Waals surface area contributed by atoms with Crippen molar-refractivity contribution in [1.82, 2.24) is 5.23 Å². The lowest BCUT2D eigenvalue weighted by molar-refractivity contribution is -0.156. The Morgan fingerprint density at radius 1 is 1.32 bits per heavy atom. The van der Waals surface area contributed by atoms with Crippen molar-refractivity contribution in [2.24, 2.45) is 17.8 Å². The first-order valence-corrected chi connectivity index (χ1v) is 8.85. The number of carbonyl (C=O) groups excluding carboxylic acids is 3. The Bertz CT molecular complexity index is 805. The minimum absolute atomic E-state index is 0.0289. The molecule has 28 heavy (non-hydrogen) atoms. The summed E-state index contributed by atoms with van der Waals surface area (Å²) in [5.41, 5.74) is 1.92. The molecule has 0 bridgehead atoms. The highest BCUT2D eigenvalue weighted by molar-refractivity contribution is 6.42. The number of anilines is 1. The summed E-state index contributed by atoms with van der Waals surface area (Å²) < 4.78 is 0. The standard InChI is InChI=1S/C19H23N2O7/c1-9-4-5-10(2)13(6-9)20-19(26)18(25)17(21(27)28)16-11(3)7-14(22)12(16)8-15(23)24/h4-6,11-12,16-17,27H,7-8H2,1-3H3,(H,20,26)(H,23,24)/q-1. The summed E-state index contributed by atoms with van der Waals surface area (Å²) in [5, 5.41) is 32.1. The van der Waals surface area contributed by atoms with Gasteiger partial charge in [0.25, 0.3) is 5.91 Å². The Kier molecular flexibility index (Phi) is 6.65. The number of nitrogens with zero attached hydrogens (tertiary/aromatic N) is 1. The molecule has 1 fully saturated rings. The molecule has 1 aromatic rings. The maximum atomic E-state index is 12.7. The van der Waals surface area contributed by atoms with Gasteiger partial charge in [-0.2, -0.15) is 0 Å². The summed E-state index contributed by atoms with van der Waals surface area (Å²) in [5.74, 6) is -6.76. The minimum atomic E-state index is -1.86. The molecule has 1 aliphatic carbocycles. The van der Waals surface area contributed by atoms with E-state index in [1.54, 1.807) is 32.9 Å². The first-order chi connectivity index (χ1) is 13.0. The molecule has 0 saturated heterocycles. The number of carboxylic acid groups (broad SMARTS) is 1. The lowest BCUT2D eigenvalue weighted by Crippen LogP contribution is -2.49. The molecular weight excluding hydrogens is 368 g/mol. The van der Waals surface area contributed by atoms with Crippen molar-refractivity contribution in [3.8, 4) is 0 Å². The van der Waals surface area contributed by atoms with Gasteiger partial charge in [0.2, 0.25) is 5.78 Å². The fourth-order valence-electron chi connectivity index (χ4n) is 3.80. The molecule has 1 aromatic carbocycles. The largest absolute Gasteiger partial charge is 0.762 e. The first-order valence-electron chi connectivity index (χ1n) is 8.85. The predicted molar refractivity (Wildman–Crippen MR) is 98.4 cm³/mol. The van der Waals surface area contributed by atoms with Crippen LogP contribution in [0.25, 0.3) is 0 Å². The van der Waals surface area contributed by atoms with E-state index in [0.717, 1.165) is 5.56 Å². The van der Waals surface area contributed by atoms with Gasteiger partial charge >= 0.3 is 5.97 Å². The van der Waals surface area contributed by atoms with E-state index >= 15 is 0 Å². The molecule has 2 rings (SSSR count). The van der Waals surface area contributed by atoms with Crippen molar-refractivity contribution in [1.29, 1.82) is 0 Å². The molecule has 0 aromatic heterocycles. The Hall–Kier alpha value is -2.62. The van der Waals surface area contributed by atoms with Gasteiger partial charge in [-0.3, -0.25) is 24.4 Å². The average molecular weight is 391 g/mol. The molecule has 4 atom stereocenters. The number of hydroxylamine groups is 2. The van der Waals surface area contributed by atoms with E-state index in [4.69, 9.17) is 5.11 Å². The van der Waals surface area contributed by atoms with Gasteiger partial charge in [-0.05, 0) is 42.9 Å². The third-order valence-electron chi connectivity index (χ3n) is 5.19. The molecule has 0 spiro atoms. The average Bonchev–Trinajstić information content (AvgIpc) is 2.84. The van der Waals surface area contributed by atoms with E-state index < -0.39 is 58.9 Å². The second kappa shape index (κ2) is 8.59. The smallest absolute Gasteiger partial charge is 0.304 e. The zero-order valence-electron chi connectivity index (χ0n) is 15.8. The number of Topliss-reactive ketones (excluding diaryl/α,β-unsaturated/α-hetero) is 2. The van der Waals surface area contributed by atoms with E-state index in [1.165, 1.54) is 0 Å². The number of hydrogen-bond acceptors (Lipinski definition) is 7. The van der Waals surface area contributed by atoms with Crippen LogP contribution in [-0.4, -0.2) is 45.0 Å². The van der Waals surface area contributed by atoms with Crippen LogP contribution in [0.5, 0.6) is 0 Å². The van der Waals surface area contributed by atoms with E-state index in [0.29, 0.717) is 11.3 Å². The number of aryl methyl sites for hydroxylation is 2. The van der Waals surface area contributed by atoms with Crippen LogP contribution in [-0.2, 0) is 19.2 Å². The molecule has 9 nitrogen and oxygen atoms in total. The molecule has 9 heteroatoms. The molecule has 1 aliphatic rings. The first kappa shape index (κ1) is 21.7. The number of carboxylic acids is 1. The number of hydrogen-bond donors (Lipinski definition) is 3. The summed E-state index contributed by atoms with van der Waals surface area (Å²) in [6.45, 7) is 5.11. The molecular formula is C19H23N2O7-. The normalized spacial score (nSPS) is 22.9. The van der Waals surface area contributed by atoms with Gasteiger partial charge in [0, 0.05) is 18.0 Å². The molecule has 1 amide bonds. The zero-order valence-corrected chi connectivity index (χ0v) is 15.8. The van der Waals surface area contributed by atoms with Gasteiger partial charge in [0.05, 0.1) is 12.5 Å². The van der Waals surface area contributed by atoms with E-state index in [-0.39, 0.29) is 6.42 Å². The van der Waals surface area contributed by atoms with E-state index in [9.17, 15) is 29.6 Å². The Labute approximate surface area is 161 Å². The summed E-state index contributed by atoms with van der Waals surface area (Å²) in [7, 11) is 0. The third kappa shape index (κ3) is 4.61. The molecule has 3 N–H and O–H groups in total.